The van der Waals surface area contributed by atoms with Gasteiger partial charge in [0.1, 0.15) is 6.61 Å². The third-order valence-electron chi connectivity index (χ3n) is 5.08. The molecule has 168 valence electrons. The lowest BCUT2D eigenvalue weighted by molar-refractivity contribution is -0.384. The van der Waals surface area contributed by atoms with Gasteiger partial charge in [-0.2, -0.15) is 4.68 Å². The van der Waals surface area contributed by atoms with E-state index in [1.54, 1.807) is 6.07 Å². The fourth-order valence-electron chi connectivity index (χ4n) is 3.66. The van der Waals surface area contributed by atoms with Gasteiger partial charge >= 0.3 is 0 Å². The molecule has 0 fully saturated rings. The van der Waals surface area contributed by atoms with Crippen molar-refractivity contribution in [1.82, 2.24) is 9.78 Å². The van der Waals surface area contributed by atoms with E-state index in [1.165, 1.54) is 24.3 Å². The zero-order valence-electron chi connectivity index (χ0n) is 18.6. The van der Waals surface area contributed by atoms with E-state index in [9.17, 15) is 10.1 Å². The number of methoxy groups -OCH3 is 1. The van der Waals surface area contributed by atoms with Crippen LogP contribution < -0.4 is 10.4 Å². The van der Waals surface area contributed by atoms with Gasteiger partial charge in [0, 0.05) is 43.1 Å². The van der Waals surface area contributed by atoms with Crippen LogP contribution in [0, 0.1) is 20.9 Å². The quantitative estimate of drug-likeness (QED) is 0.278. The normalized spacial score (nSPS) is 12.7. The maximum absolute atomic E-state index is 11.2. The molecule has 0 spiro atoms. The molecule has 0 radical (unpaired) electrons. The van der Waals surface area contributed by atoms with Crippen molar-refractivity contribution in [2.45, 2.75) is 33.2 Å². The van der Waals surface area contributed by atoms with Crippen molar-refractivity contribution in [2.75, 3.05) is 25.2 Å². The topological polar surface area (TPSA) is 121 Å². The Hall–Kier alpha value is -3.59. The van der Waals surface area contributed by atoms with Crippen molar-refractivity contribution in [3.05, 3.63) is 69.2 Å². The van der Waals surface area contributed by atoms with Crippen LogP contribution >= 0.6 is 0 Å². The number of nitrogens with one attached hydrogen (secondary N) is 2. The molecule has 2 aromatic carbocycles. The first kappa shape index (κ1) is 23.1. The summed E-state index contributed by atoms with van der Waals surface area (Å²) in [5.41, 5.74) is 2.18. The van der Waals surface area contributed by atoms with Gasteiger partial charge in [-0.15, -0.1) is 5.10 Å². The van der Waals surface area contributed by atoms with Gasteiger partial charge in [0.15, 0.2) is 17.1 Å². The van der Waals surface area contributed by atoms with Gasteiger partial charge in [-0.3, -0.25) is 20.9 Å². The minimum absolute atomic E-state index is 0.0381. The number of nitrogens with zero attached hydrogens (tertiary/aromatic N) is 4. The number of nitro benzene ring substituents is 1. The van der Waals surface area contributed by atoms with Crippen LogP contribution in [0.1, 0.15) is 31.4 Å². The summed E-state index contributed by atoms with van der Waals surface area (Å²) >= 11 is 0. The molecule has 9 nitrogen and oxygen atoms in total. The molecule has 0 bridgehead atoms. The minimum atomic E-state index is -0.387. The van der Waals surface area contributed by atoms with E-state index >= 15 is 0 Å². The predicted molar refractivity (Wildman–Crippen MR) is 124 cm³/mol. The molecule has 0 amide bonds. The molecular formula is C23H28N6O3. The van der Waals surface area contributed by atoms with Crippen LogP contribution in [0.3, 0.4) is 0 Å². The summed E-state index contributed by atoms with van der Waals surface area (Å²) in [6.07, 6.45) is 1.99. The SMILES string of the molecule is CCC.COCC(=N)n1nc(N2CCc3ccc([N+](=O)[O-])cc3C2)c2ccccc2c1=N. The lowest BCUT2D eigenvalue weighted by Crippen LogP contribution is -2.37. The summed E-state index contributed by atoms with van der Waals surface area (Å²) in [5.74, 6) is 0.715. The molecule has 1 aliphatic rings. The summed E-state index contributed by atoms with van der Waals surface area (Å²) in [4.78, 5) is 12.8. The lowest BCUT2D eigenvalue weighted by Gasteiger charge is -2.30. The second-order valence-corrected chi connectivity index (χ2v) is 7.60. The molecule has 0 aliphatic carbocycles. The second-order valence-electron chi connectivity index (χ2n) is 7.60. The van der Waals surface area contributed by atoms with Crippen LogP contribution in [0.15, 0.2) is 42.5 Å². The second kappa shape index (κ2) is 10.1. The number of fused-ring (bicyclic) bond motifs is 2. The van der Waals surface area contributed by atoms with Crippen LogP contribution in [0.4, 0.5) is 11.5 Å². The van der Waals surface area contributed by atoms with Crippen LogP contribution in [-0.4, -0.2) is 40.8 Å². The molecule has 4 rings (SSSR count). The first-order chi connectivity index (χ1) is 15.4. The van der Waals surface area contributed by atoms with Gasteiger partial charge in [-0.25, -0.2) is 0 Å². The van der Waals surface area contributed by atoms with Crippen LogP contribution in [0.5, 0.6) is 0 Å². The Morgan fingerprint density at radius 3 is 2.53 bits per heavy atom. The fraction of sp³-hybridized carbons (Fsp3) is 0.348. The maximum atomic E-state index is 11.2. The van der Waals surface area contributed by atoms with Crippen molar-refractivity contribution in [3.8, 4) is 0 Å². The number of nitro groups is 1. The van der Waals surface area contributed by atoms with Gasteiger partial charge in [-0.1, -0.05) is 50.6 Å². The van der Waals surface area contributed by atoms with Crippen LogP contribution in [0.2, 0.25) is 0 Å². The lowest BCUT2D eigenvalue weighted by atomic mass is 9.98. The summed E-state index contributed by atoms with van der Waals surface area (Å²) in [6.45, 7) is 5.45. The summed E-state index contributed by atoms with van der Waals surface area (Å²) in [6, 6.07) is 12.5. The molecule has 32 heavy (non-hydrogen) atoms. The van der Waals surface area contributed by atoms with Gasteiger partial charge in [0.2, 0.25) is 0 Å². The van der Waals surface area contributed by atoms with E-state index in [1.807, 2.05) is 35.2 Å². The first-order valence-electron chi connectivity index (χ1n) is 10.6. The van der Waals surface area contributed by atoms with E-state index in [0.29, 0.717) is 24.3 Å². The molecule has 0 unspecified atom stereocenters. The third-order valence-corrected chi connectivity index (χ3v) is 5.08. The summed E-state index contributed by atoms with van der Waals surface area (Å²) in [5, 5.41) is 33.9. The van der Waals surface area contributed by atoms with E-state index in [4.69, 9.17) is 15.6 Å². The number of benzene rings is 2. The number of anilines is 1. The Kier molecular flexibility index (Phi) is 7.32. The zero-order chi connectivity index (χ0) is 23.3. The van der Waals surface area contributed by atoms with Crippen molar-refractivity contribution in [2.24, 2.45) is 0 Å². The fourth-order valence-corrected chi connectivity index (χ4v) is 3.66. The average Bonchev–Trinajstić information content (AvgIpc) is 2.79. The Labute approximate surface area is 186 Å². The van der Waals surface area contributed by atoms with Crippen LogP contribution in [0.25, 0.3) is 10.8 Å². The molecule has 1 aromatic heterocycles. The molecular weight excluding hydrogens is 408 g/mol. The van der Waals surface area contributed by atoms with Gasteiger partial charge < -0.3 is 9.64 Å². The summed E-state index contributed by atoms with van der Waals surface area (Å²) in [7, 11) is 1.50. The van der Waals surface area contributed by atoms with Gasteiger partial charge in [0.05, 0.1) is 4.92 Å². The number of hydrogen-bond acceptors (Lipinski definition) is 7. The molecule has 0 atom stereocenters. The highest BCUT2D eigenvalue weighted by Gasteiger charge is 2.23. The largest absolute Gasteiger partial charge is 0.377 e. The molecule has 0 saturated carbocycles. The number of ether oxygens (including phenoxy) is 1. The monoisotopic (exact) mass is 436 g/mol. The highest BCUT2D eigenvalue weighted by molar-refractivity contribution is 5.93. The smallest absolute Gasteiger partial charge is 0.269 e. The van der Waals surface area contributed by atoms with Crippen LogP contribution in [-0.2, 0) is 17.7 Å². The molecule has 1 aliphatic heterocycles. The van der Waals surface area contributed by atoms with E-state index in [2.05, 4.69) is 18.9 Å². The Morgan fingerprint density at radius 2 is 1.88 bits per heavy atom. The van der Waals surface area contributed by atoms with Crippen molar-refractivity contribution >= 4 is 28.1 Å². The molecule has 2 N–H and O–H groups in total. The minimum Gasteiger partial charge on any atom is -0.377 e. The van der Waals surface area contributed by atoms with Crippen molar-refractivity contribution in [1.29, 1.82) is 10.8 Å². The molecule has 0 saturated heterocycles. The third kappa shape index (κ3) is 4.67. The number of hydrogen-bond donors (Lipinski definition) is 2. The average molecular weight is 437 g/mol. The molecule has 2 heterocycles. The molecule has 9 heteroatoms. The van der Waals surface area contributed by atoms with Crippen molar-refractivity contribution < 1.29 is 9.66 Å². The molecule has 3 aromatic rings. The highest BCUT2D eigenvalue weighted by Crippen LogP contribution is 2.29. The zero-order valence-corrected chi connectivity index (χ0v) is 18.6. The Balaban J connectivity index is 0.000000913. The van der Waals surface area contributed by atoms with Gasteiger partial charge in [-0.05, 0) is 17.5 Å². The Morgan fingerprint density at radius 1 is 1.19 bits per heavy atom. The standard InChI is InChI=1S/C20H20N6O3.C3H8/c1-29-12-18(21)25-19(22)16-4-2-3-5-17(16)20(23-25)24-9-8-13-6-7-15(26(27)28)10-14(13)11-24;1-3-2/h2-7,10,21-22H,8-9,11-12H2,1H3;3H2,1-2H3. The summed E-state index contributed by atoms with van der Waals surface area (Å²) < 4.78 is 6.33. The predicted octanol–water partition coefficient (Wildman–Crippen LogP) is 3.87. The van der Waals surface area contributed by atoms with E-state index in [0.717, 1.165) is 22.9 Å². The highest BCUT2D eigenvalue weighted by atomic mass is 16.6. The maximum Gasteiger partial charge on any atom is 0.269 e. The van der Waals surface area contributed by atoms with E-state index < -0.39 is 0 Å². The van der Waals surface area contributed by atoms with Crippen molar-refractivity contribution in [3.63, 3.8) is 0 Å². The Bertz CT molecular complexity index is 1200. The van der Waals surface area contributed by atoms with E-state index in [-0.39, 0.29) is 28.5 Å². The first-order valence-corrected chi connectivity index (χ1v) is 10.6. The van der Waals surface area contributed by atoms with Gasteiger partial charge in [0.25, 0.3) is 5.69 Å². The number of rotatable bonds is 4. The number of non-ortho nitro benzene ring substituents is 1. The number of aromatic nitrogens is 2.